The van der Waals surface area contributed by atoms with Crippen LogP contribution in [0.5, 0.6) is 0 Å². The van der Waals surface area contributed by atoms with E-state index in [4.69, 9.17) is 0 Å². The van der Waals surface area contributed by atoms with Crippen molar-refractivity contribution in [1.82, 2.24) is 4.72 Å². The molecule has 0 aliphatic heterocycles. The molecule has 0 spiro atoms. The van der Waals surface area contributed by atoms with Crippen LogP contribution in [0.1, 0.15) is 31.2 Å². The smallest absolute Gasteiger partial charge is 0.212 e. The minimum Gasteiger partial charge on any atom is -0.212 e. The van der Waals surface area contributed by atoms with Crippen molar-refractivity contribution >= 4 is 21.4 Å². The van der Waals surface area contributed by atoms with Gasteiger partial charge in [0, 0.05) is 4.88 Å². The zero-order valence-corrected chi connectivity index (χ0v) is 9.99. The Kier molecular flexibility index (Phi) is 4.10. The Labute approximate surface area is 89.2 Å². The highest BCUT2D eigenvalue weighted by Gasteiger charge is 2.14. The van der Waals surface area contributed by atoms with E-state index in [1.54, 1.807) is 11.3 Å². The first-order valence-corrected chi connectivity index (χ1v) is 7.12. The topological polar surface area (TPSA) is 46.2 Å². The predicted octanol–water partition coefficient (Wildman–Crippen LogP) is 2.14. The molecular weight excluding hydrogens is 218 g/mol. The number of sulfonamides is 1. The molecule has 0 amide bonds. The van der Waals surface area contributed by atoms with Crippen molar-refractivity contribution in [2.45, 2.75) is 26.3 Å². The van der Waals surface area contributed by atoms with Crippen LogP contribution in [0.2, 0.25) is 0 Å². The molecule has 0 fully saturated rings. The molecule has 1 heterocycles. The summed E-state index contributed by atoms with van der Waals surface area (Å²) in [6.07, 6.45) is 0.645. The van der Waals surface area contributed by atoms with Gasteiger partial charge >= 0.3 is 0 Å². The van der Waals surface area contributed by atoms with Crippen LogP contribution in [0.4, 0.5) is 0 Å². The number of hydrogen-bond acceptors (Lipinski definition) is 3. The van der Waals surface area contributed by atoms with Gasteiger partial charge < -0.3 is 0 Å². The van der Waals surface area contributed by atoms with Gasteiger partial charge in [-0.1, -0.05) is 13.0 Å². The van der Waals surface area contributed by atoms with E-state index in [2.05, 4.69) is 4.72 Å². The molecule has 1 rings (SSSR count). The molecular formula is C9H15NO2S2. The van der Waals surface area contributed by atoms with Crippen LogP contribution in [0.3, 0.4) is 0 Å². The van der Waals surface area contributed by atoms with Gasteiger partial charge in [-0.05, 0) is 24.8 Å². The van der Waals surface area contributed by atoms with Crippen molar-refractivity contribution in [1.29, 1.82) is 0 Å². The summed E-state index contributed by atoms with van der Waals surface area (Å²) in [6.45, 7) is 3.72. The van der Waals surface area contributed by atoms with Gasteiger partial charge in [0.2, 0.25) is 10.0 Å². The Hall–Kier alpha value is -0.390. The van der Waals surface area contributed by atoms with E-state index in [0.717, 1.165) is 4.88 Å². The number of thiophene rings is 1. The first kappa shape index (κ1) is 11.7. The molecule has 0 bridgehead atoms. The molecule has 0 aliphatic carbocycles. The van der Waals surface area contributed by atoms with Gasteiger partial charge in [0.1, 0.15) is 0 Å². The van der Waals surface area contributed by atoms with Crippen molar-refractivity contribution < 1.29 is 8.42 Å². The highest BCUT2D eigenvalue weighted by molar-refractivity contribution is 7.89. The molecule has 3 nitrogen and oxygen atoms in total. The molecule has 0 aromatic carbocycles. The Morgan fingerprint density at radius 3 is 2.79 bits per heavy atom. The minimum absolute atomic E-state index is 0.119. The van der Waals surface area contributed by atoms with Crippen LogP contribution in [-0.2, 0) is 10.0 Å². The fraction of sp³-hybridized carbons (Fsp3) is 0.556. The summed E-state index contributed by atoms with van der Waals surface area (Å²) in [7, 11) is -3.10. The molecule has 0 saturated heterocycles. The predicted molar refractivity (Wildman–Crippen MR) is 59.9 cm³/mol. The first-order chi connectivity index (χ1) is 6.55. The van der Waals surface area contributed by atoms with E-state index in [-0.39, 0.29) is 11.8 Å². The summed E-state index contributed by atoms with van der Waals surface area (Å²) in [4.78, 5) is 1.05. The van der Waals surface area contributed by atoms with Crippen LogP contribution in [0, 0.1) is 0 Å². The average molecular weight is 233 g/mol. The lowest BCUT2D eigenvalue weighted by Gasteiger charge is -2.11. The molecule has 80 valence electrons. The van der Waals surface area contributed by atoms with Crippen molar-refractivity contribution in [3.8, 4) is 0 Å². The largest absolute Gasteiger partial charge is 0.212 e. The van der Waals surface area contributed by atoms with E-state index < -0.39 is 10.0 Å². The second-order valence-electron chi connectivity index (χ2n) is 3.17. The van der Waals surface area contributed by atoms with Crippen molar-refractivity contribution in [3.63, 3.8) is 0 Å². The van der Waals surface area contributed by atoms with E-state index in [9.17, 15) is 8.42 Å². The van der Waals surface area contributed by atoms with E-state index in [0.29, 0.717) is 6.42 Å². The summed E-state index contributed by atoms with van der Waals surface area (Å²) in [5, 5.41) is 1.94. The molecule has 1 atom stereocenters. The highest BCUT2D eigenvalue weighted by Crippen LogP contribution is 2.18. The summed E-state index contributed by atoms with van der Waals surface area (Å²) in [6, 6.07) is 3.74. The monoisotopic (exact) mass is 233 g/mol. The molecule has 0 unspecified atom stereocenters. The van der Waals surface area contributed by atoms with Crippen molar-refractivity contribution in [2.75, 3.05) is 5.75 Å². The van der Waals surface area contributed by atoms with Crippen LogP contribution < -0.4 is 4.72 Å². The molecule has 0 saturated carbocycles. The lowest BCUT2D eigenvalue weighted by atomic mass is 10.3. The van der Waals surface area contributed by atoms with E-state index in [1.807, 2.05) is 31.4 Å². The molecule has 0 aliphatic rings. The average Bonchev–Trinajstić information content (AvgIpc) is 2.53. The summed E-state index contributed by atoms with van der Waals surface area (Å²) in [5.74, 6) is 0.197. The molecule has 1 aromatic heterocycles. The van der Waals surface area contributed by atoms with Gasteiger partial charge in [-0.3, -0.25) is 0 Å². The maximum Gasteiger partial charge on any atom is 0.212 e. The van der Waals surface area contributed by atoms with Gasteiger partial charge in [0.25, 0.3) is 0 Å². The SMILES string of the molecule is CCCS(=O)(=O)N[C@H](C)c1cccs1. The third kappa shape index (κ3) is 3.40. The third-order valence-electron chi connectivity index (χ3n) is 1.80. The lowest BCUT2D eigenvalue weighted by molar-refractivity contribution is 0.567. The fourth-order valence-corrected chi connectivity index (χ4v) is 3.32. The maximum atomic E-state index is 11.4. The standard InChI is InChI=1S/C9H15NO2S2/c1-3-7-14(11,12)10-8(2)9-5-4-6-13-9/h4-6,8,10H,3,7H2,1-2H3/t8-/m1/s1. The van der Waals surface area contributed by atoms with E-state index in [1.165, 1.54) is 0 Å². The van der Waals surface area contributed by atoms with Crippen LogP contribution in [0.25, 0.3) is 0 Å². The molecule has 1 N–H and O–H groups in total. The normalized spacial score (nSPS) is 14.1. The van der Waals surface area contributed by atoms with Crippen LogP contribution in [0.15, 0.2) is 17.5 Å². The van der Waals surface area contributed by atoms with Crippen LogP contribution in [-0.4, -0.2) is 14.2 Å². The van der Waals surface area contributed by atoms with Gasteiger partial charge in [-0.2, -0.15) is 0 Å². The zero-order valence-electron chi connectivity index (χ0n) is 8.36. The Morgan fingerprint density at radius 1 is 1.57 bits per heavy atom. The molecule has 0 radical (unpaired) electrons. The van der Waals surface area contributed by atoms with Gasteiger partial charge in [-0.25, -0.2) is 13.1 Å². The highest BCUT2D eigenvalue weighted by atomic mass is 32.2. The van der Waals surface area contributed by atoms with Crippen molar-refractivity contribution in [3.05, 3.63) is 22.4 Å². The Balaban J connectivity index is 2.61. The lowest BCUT2D eigenvalue weighted by Crippen LogP contribution is -2.28. The van der Waals surface area contributed by atoms with Gasteiger partial charge in [-0.15, -0.1) is 11.3 Å². The number of nitrogens with one attached hydrogen (secondary N) is 1. The molecule has 14 heavy (non-hydrogen) atoms. The zero-order chi connectivity index (χ0) is 10.6. The van der Waals surface area contributed by atoms with Gasteiger partial charge in [0.15, 0.2) is 0 Å². The Morgan fingerprint density at radius 2 is 2.29 bits per heavy atom. The second-order valence-corrected chi connectivity index (χ2v) is 6.03. The Bertz CT molecular complexity index is 356. The van der Waals surface area contributed by atoms with Crippen LogP contribution >= 0.6 is 11.3 Å². The first-order valence-electron chi connectivity index (χ1n) is 4.58. The number of hydrogen-bond donors (Lipinski definition) is 1. The summed E-state index contributed by atoms with van der Waals surface area (Å²) < 4.78 is 25.5. The maximum absolute atomic E-state index is 11.4. The van der Waals surface area contributed by atoms with Gasteiger partial charge in [0.05, 0.1) is 11.8 Å². The van der Waals surface area contributed by atoms with E-state index >= 15 is 0 Å². The number of rotatable bonds is 5. The molecule has 1 aromatic rings. The molecule has 5 heteroatoms. The summed E-state index contributed by atoms with van der Waals surface area (Å²) in [5.41, 5.74) is 0. The van der Waals surface area contributed by atoms with Crippen molar-refractivity contribution in [2.24, 2.45) is 0 Å². The minimum atomic E-state index is -3.10. The quantitative estimate of drug-likeness (QED) is 0.847. The second kappa shape index (κ2) is 4.91. The summed E-state index contributed by atoms with van der Waals surface area (Å²) >= 11 is 1.56. The third-order valence-corrected chi connectivity index (χ3v) is 4.51. The fourth-order valence-electron chi connectivity index (χ4n) is 1.19.